The Kier molecular flexibility index (Phi) is 3.36. The highest BCUT2D eigenvalue weighted by atomic mass is 19.1. The molecule has 0 aliphatic rings. The number of benzene rings is 1. The quantitative estimate of drug-likeness (QED) is 0.791. The number of nitrogens with one attached hydrogen (secondary N) is 1. The van der Waals surface area contributed by atoms with E-state index in [-0.39, 0.29) is 5.91 Å². The van der Waals surface area contributed by atoms with E-state index in [1.54, 1.807) is 36.9 Å². The van der Waals surface area contributed by atoms with Crippen LogP contribution in [0.1, 0.15) is 21.7 Å². The molecule has 0 saturated carbocycles. The van der Waals surface area contributed by atoms with Gasteiger partial charge in [-0.25, -0.2) is 4.39 Å². The molecule has 0 bridgehead atoms. The molecular weight excluding hydrogens is 283 g/mol. The van der Waals surface area contributed by atoms with Gasteiger partial charge in [-0.3, -0.25) is 14.5 Å². The van der Waals surface area contributed by atoms with Gasteiger partial charge < -0.3 is 5.32 Å². The zero-order valence-electron chi connectivity index (χ0n) is 12.5. The van der Waals surface area contributed by atoms with Crippen LogP contribution in [0.2, 0.25) is 0 Å². The van der Waals surface area contributed by atoms with Gasteiger partial charge in [-0.2, -0.15) is 5.10 Å². The summed E-state index contributed by atoms with van der Waals surface area (Å²) in [6, 6.07) is 7.66. The second kappa shape index (κ2) is 5.22. The summed E-state index contributed by atoms with van der Waals surface area (Å²) in [5, 5.41) is 7.47. The third kappa shape index (κ3) is 2.55. The maximum absolute atomic E-state index is 13.5. The lowest BCUT2D eigenvalue weighted by Crippen LogP contribution is -2.15. The predicted octanol–water partition coefficient (Wildman–Crippen LogP) is 2.98. The van der Waals surface area contributed by atoms with Gasteiger partial charge >= 0.3 is 0 Å². The summed E-state index contributed by atoms with van der Waals surface area (Å²) >= 11 is 0. The van der Waals surface area contributed by atoms with Crippen LogP contribution < -0.4 is 5.32 Å². The summed E-state index contributed by atoms with van der Waals surface area (Å²) < 4.78 is 15.1. The summed E-state index contributed by atoms with van der Waals surface area (Å²) in [5.41, 5.74) is 2.48. The SMILES string of the molecule is Cc1cc(C(=O)Nc2cc(C)nn2C)c2cc(F)ccc2n1. The molecule has 112 valence electrons. The molecule has 0 aliphatic heterocycles. The minimum absolute atomic E-state index is 0.316. The molecule has 0 unspecified atom stereocenters. The predicted molar refractivity (Wildman–Crippen MR) is 82.3 cm³/mol. The van der Waals surface area contributed by atoms with E-state index in [2.05, 4.69) is 15.4 Å². The van der Waals surface area contributed by atoms with Crippen LogP contribution in [0.3, 0.4) is 0 Å². The summed E-state index contributed by atoms with van der Waals surface area (Å²) in [6.45, 7) is 3.64. The monoisotopic (exact) mass is 298 g/mol. The fourth-order valence-corrected chi connectivity index (χ4v) is 2.43. The number of anilines is 1. The van der Waals surface area contributed by atoms with E-state index in [1.165, 1.54) is 12.1 Å². The molecule has 3 rings (SSSR count). The van der Waals surface area contributed by atoms with Gasteiger partial charge in [0.25, 0.3) is 5.91 Å². The number of nitrogens with zero attached hydrogens (tertiary/aromatic N) is 3. The first-order valence-electron chi connectivity index (χ1n) is 6.83. The van der Waals surface area contributed by atoms with Crippen LogP contribution in [0.25, 0.3) is 10.9 Å². The molecule has 3 aromatic rings. The van der Waals surface area contributed by atoms with Crippen LogP contribution in [0.15, 0.2) is 30.3 Å². The van der Waals surface area contributed by atoms with Crippen LogP contribution >= 0.6 is 0 Å². The van der Waals surface area contributed by atoms with Crippen LogP contribution in [0.4, 0.5) is 10.2 Å². The molecule has 0 fully saturated rings. The fourth-order valence-electron chi connectivity index (χ4n) is 2.43. The number of aromatic nitrogens is 3. The lowest BCUT2D eigenvalue weighted by Gasteiger charge is -2.09. The molecule has 2 heterocycles. The number of carbonyl (C=O) groups excluding carboxylic acids is 1. The van der Waals surface area contributed by atoms with Gasteiger partial charge in [0.1, 0.15) is 11.6 Å². The second-order valence-corrected chi connectivity index (χ2v) is 5.22. The van der Waals surface area contributed by atoms with Gasteiger partial charge in [0.2, 0.25) is 0 Å². The minimum Gasteiger partial charge on any atom is -0.307 e. The van der Waals surface area contributed by atoms with Crippen molar-refractivity contribution in [2.45, 2.75) is 13.8 Å². The maximum atomic E-state index is 13.5. The Morgan fingerprint density at radius 3 is 2.64 bits per heavy atom. The molecule has 1 N–H and O–H groups in total. The number of rotatable bonds is 2. The number of pyridine rings is 1. The molecule has 6 heteroatoms. The van der Waals surface area contributed by atoms with Crippen LogP contribution in [-0.4, -0.2) is 20.7 Å². The van der Waals surface area contributed by atoms with Crippen molar-refractivity contribution in [2.75, 3.05) is 5.32 Å². The van der Waals surface area contributed by atoms with Gasteiger partial charge in [-0.15, -0.1) is 0 Å². The Hall–Kier alpha value is -2.76. The van der Waals surface area contributed by atoms with Crippen molar-refractivity contribution in [1.82, 2.24) is 14.8 Å². The van der Waals surface area contributed by atoms with Crippen molar-refractivity contribution in [1.29, 1.82) is 0 Å². The van der Waals surface area contributed by atoms with Crippen molar-refractivity contribution < 1.29 is 9.18 Å². The Balaban J connectivity index is 2.07. The zero-order chi connectivity index (χ0) is 15.9. The van der Waals surface area contributed by atoms with Gasteiger partial charge in [-0.05, 0) is 38.1 Å². The summed E-state index contributed by atoms with van der Waals surface area (Å²) in [6.07, 6.45) is 0. The average Bonchev–Trinajstić information content (AvgIpc) is 2.76. The van der Waals surface area contributed by atoms with Crippen molar-refractivity contribution in [3.05, 3.63) is 53.1 Å². The maximum Gasteiger partial charge on any atom is 0.257 e. The minimum atomic E-state index is -0.399. The Morgan fingerprint density at radius 2 is 1.95 bits per heavy atom. The van der Waals surface area contributed by atoms with Crippen molar-refractivity contribution in [3.8, 4) is 0 Å². The average molecular weight is 298 g/mol. The van der Waals surface area contributed by atoms with Gasteiger partial charge in [0.15, 0.2) is 0 Å². The first-order chi connectivity index (χ1) is 10.4. The van der Waals surface area contributed by atoms with Crippen molar-refractivity contribution in [3.63, 3.8) is 0 Å². The molecule has 0 radical (unpaired) electrons. The van der Waals surface area contributed by atoms with E-state index in [0.29, 0.717) is 28.0 Å². The summed E-state index contributed by atoms with van der Waals surface area (Å²) in [7, 11) is 1.75. The first-order valence-corrected chi connectivity index (χ1v) is 6.83. The lowest BCUT2D eigenvalue weighted by molar-refractivity contribution is 0.102. The van der Waals surface area contributed by atoms with E-state index in [9.17, 15) is 9.18 Å². The molecule has 0 aliphatic carbocycles. The fraction of sp³-hybridized carbons (Fsp3) is 0.188. The van der Waals surface area contributed by atoms with Crippen LogP contribution in [-0.2, 0) is 7.05 Å². The first kappa shape index (κ1) is 14.2. The van der Waals surface area contributed by atoms with Gasteiger partial charge in [0, 0.05) is 24.2 Å². The topological polar surface area (TPSA) is 59.8 Å². The molecule has 5 nitrogen and oxygen atoms in total. The van der Waals surface area contributed by atoms with Gasteiger partial charge in [-0.1, -0.05) is 0 Å². The number of halogens is 1. The largest absolute Gasteiger partial charge is 0.307 e. The van der Waals surface area contributed by atoms with Gasteiger partial charge in [0.05, 0.1) is 16.8 Å². The highest BCUT2D eigenvalue weighted by Crippen LogP contribution is 2.21. The van der Waals surface area contributed by atoms with Crippen molar-refractivity contribution in [2.24, 2.45) is 7.05 Å². The number of aryl methyl sites for hydroxylation is 3. The van der Waals surface area contributed by atoms with Crippen LogP contribution in [0.5, 0.6) is 0 Å². The number of hydrogen-bond acceptors (Lipinski definition) is 3. The highest BCUT2D eigenvalue weighted by Gasteiger charge is 2.14. The number of hydrogen-bond donors (Lipinski definition) is 1. The zero-order valence-corrected chi connectivity index (χ0v) is 12.5. The van der Waals surface area contributed by atoms with E-state index < -0.39 is 5.82 Å². The second-order valence-electron chi connectivity index (χ2n) is 5.22. The molecule has 0 saturated heterocycles. The third-order valence-corrected chi connectivity index (χ3v) is 3.39. The van der Waals surface area contributed by atoms with Crippen LogP contribution in [0, 0.1) is 19.7 Å². The smallest absolute Gasteiger partial charge is 0.257 e. The molecule has 22 heavy (non-hydrogen) atoms. The number of carbonyl (C=O) groups is 1. The summed E-state index contributed by atoms with van der Waals surface area (Å²) in [5.74, 6) is -0.130. The number of amides is 1. The molecular formula is C16H15FN4O. The van der Waals surface area contributed by atoms with E-state index in [0.717, 1.165) is 5.69 Å². The normalized spacial score (nSPS) is 10.9. The Bertz CT molecular complexity index is 885. The molecule has 0 spiro atoms. The molecule has 1 aromatic carbocycles. The Labute approximate surface area is 126 Å². The summed E-state index contributed by atoms with van der Waals surface area (Å²) in [4.78, 5) is 16.9. The molecule has 1 amide bonds. The lowest BCUT2D eigenvalue weighted by atomic mass is 10.1. The highest BCUT2D eigenvalue weighted by molar-refractivity contribution is 6.12. The van der Waals surface area contributed by atoms with E-state index >= 15 is 0 Å². The Morgan fingerprint density at radius 1 is 1.18 bits per heavy atom. The molecule has 0 atom stereocenters. The molecule has 2 aromatic heterocycles. The van der Waals surface area contributed by atoms with E-state index in [1.807, 2.05) is 6.92 Å². The third-order valence-electron chi connectivity index (χ3n) is 3.39. The van der Waals surface area contributed by atoms with Crippen molar-refractivity contribution >= 4 is 22.6 Å². The standard InChI is InChI=1S/C16H15FN4O/c1-9-6-13(12-8-11(17)4-5-14(12)18-9)16(22)19-15-7-10(2)20-21(15)3/h4-8H,1-3H3,(H,19,22). The number of fused-ring (bicyclic) bond motifs is 1. The van der Waals surface area contributed by atoms with E-state index in [4.69, 9.17) is 0 Å².